The van der Waals surface area contributed by atoms with Crippen LogP contribution < -0.4 is 10.0 Å². The fraction of sp³-hybridized carbons (Fsp3) is 0.0385. The van der Waals surface area contributed by atoms with Gasteiger partial charge in [-0.2, -0.15) is 0 Å². The van der Waals surface area contributed by atoms with Crippen molar-refractivity contribution >= 4 is 60.6 Å². The van der Waals surface area contributed by atoms with Crippen LogP contribution in [0.4, 0.5) is 11.4 Å². The second-order valence-electron chi connectivity index (χ2n) is 7.81. The van der Waals surface area contributed by atoms with Gasteiger partial charge in [0.1, 0.15) is 5.58 Å². The van der Waals surface area contributed by atoms with E-state index in [-0.39, 0.29) is 10.7 Å². The summed E-state index contributed by atoms with van der Waals surface area (Å²) in [7, 11) is -3.83. The van der Waals surface area contributed by atoms with Crippen molar-refractivity contribution in [3.63, 3.8) is 0 Å². The van der Waals surface area contributed by atoms with Crippen LogP contribution in [0.1, 0.15) is 16.1 Å². The number of hydrogen-bond donors (Lipinski definition) is 2. The van der Waals surface area contributed by atoms with Gasteiger partial charge in [-0.05, 0) is 71.8 Å². The lowest BCUT2D eigenvalue weighted by molar-refractivity contribution is 0.0998. The zero-order chi connectivity index (χ0) is 23.9. The fourth-order valence-corrected chi connectivity index (χ4v) is 5.03. The van der Waals surface area contributed by atoms with Gasteiger partial charge in [0.25, 0.3) is 15.9 Å². The third-order valence-electron chi connectivity index (χ3n) is 5.58. The Bertz CT molecular complexity index is 1660. The average Bonchev–Trinajstić information content (AvgIpc) is 3.28. The third-order valence-corrected chi connectivity index (χ3v) is 7.38. The molecular formula is C26H19ClN2O4S. The van der Waals surface area contributed by atoms with Crippen molar-refractivity contribution in [3.8, 4) is 0 Å². The molecule has 6 nitrogen and oxygen atoms in total. The Morgan fingerprint density at radius 3 is 2.44 bits per heavy atom. The first-order valence-corrected chi connectivity index (χ1v) is 12.3. The molecule has 0 saturated heterocycles. The van der Waals surface area contributed by atoms with Crippen molar-refractivity contribution in [1.82, 2.24) is 0 Å². The molecule has 8 heteroatoms. The SMILES string of the molecule is Cc1c(Cl)cccc1NS(=O)(=O)c1ccc(NC(=O)c2cc3c(ccc4ccccc43)o2)cc1. The van der Waals surface area contributed by atoms with Gasteiger partial charge in [0.2, 0.25) is 0 Å². The van der Waals surface area contributed by atoms with Crippen LogP contribution in [0.3, 0.4) is 0 Å². The minimum absolute atomic E-state index is 0.0556. The smallest absolute Gasteiger partial charge is 0.291 e. The highest BCUT2D eigenvalue weighted by atomic mass is 35.5. The molecule has 1 heterocycles. The summed E-state index contributed by atoms with van der Waals surface area (Å²) >= 11 is 6.08. The van der Waals surface area contributed by atoms with E-state index in [1.807, 2.05) is 36.4 Å². The molecule has 0 spiro atoms. The van der Waals surface area contributed by atoms with Crippen LogP contribution in [0, 0.1) is 6.92 Å². The predicted molar refractivity (Wildman–Crippen MR) is 135 cm³/mol. The van der Waals surface area contributed by atoms with Crippen molar-refractivity contribution in [2.45, 2.75) is 11.8 Å². The summed E-state index contributed by atoms with van der Waals surface area (Å²) in [5, 5.41) is 6.13. The summed E-state index contributed by atoms with van der Waals surface area (Å²) in [4.78, 5) is 12.8. The molecule has 0 fully saturated rings. The molecule has 2 N–H and O–H groups in total. The first-order chi connectivity index (χ1) is 16.3. The Morgan fingerprint density at radius 2 is 1.65 bits per heavy atom. The second-order valence-corrected chi connectivity index (χ2v) is 9.90. The van der Waals surface area contributed by atoms with Gasteiger partial charge in [-0.3, -0.25) is 9.52 Å². The zero-order valence-corrected chi connectivity index (χ0v) is 19.6. The minimum atomic E-state index is -3.83. The third kappa shape index (κ3) is 4.11. The number of carbonyl (C=O) groups excluding carboxylic acids is 1. The Kier molecular flexibility index (Phi) is 5.51. The van der Waals surface area contributed by atoms with Crippen molar-refractivity contribution in [1.29, 1.82) is 0 Å². The number of nitrogens with one attached hydrogen (secondary N) is 2. The monoisotopic (exact) mass is 490 g/mol. The van der Waals surface area contributed by atoms with E-state index in [4.69, 9.17) is 16.0 Å². The van der Waals surface area contributed by atoms with E-state index in [0.29, 0.717) is 27.5 Å². The molecule has 34 heavy (non-hydrogen) atoms. The molecule has 0 saturated carbocycles. The number of fused-ring (bicyclic) bond motifs is 3. The van der Waals surface area contributed by atoms with Crippen LogP contribution in [0.5, 0.6) is 0 Å². The van der Waals surface area contributed by atoms with Crippen LogP contribution in [-0.2, 0) is 10.0 Å². The number of carbonyl (C=O) groups is 1. The molecule has 5 aromatic rings. The number of furan rings is 1. The molecule has 1 aromatic heterocycles. The van der Waals surface area contributed by atoms with E-state index >= 15 is 0 Å². The second kappa shape index (κ2) is 8.52. The quantitative estimate of drug-likeness (QED) is 0.290. The van der Waals surface area contributed by atoms with E-state index in [2.05, 4.69) is 10.0 Å². The first kappa shape index (κ1) is 22.0. The summed E-state index contributed by atoms with van der Waals surface area (Å²) in [6.45, 7) is 1.74. The largest absolute Gasteiger partial charge is 0.451 e. The summed E-state index contributed by atoms with van der Waals surface area (Å²) < 4.78 is 33.8. The van der Waals surface area contributed by atoms with Crippen molar-refractivity contribution < 1.29 is 17.6 Å². The summed E-state index contributed by atoms with van der Waals surface area (Å²) in [6, 6.07) is 24.3. The van der Waals surface area contributed by atoms with Crippen LogP contribution in [-0.4, -0.2) is 14.3 Å². The molecule has 170 valence electrons. The molecule has 0 aliphatic carbocycles. The maximum atomic E-state index is 12.8. The maximum Gasteiger partial charge on any atom is 0.291 e. The highest BCUT2D eigenvalue weighted by Crippen LogP contribution is 2.29. The van der Waals surface area contributed by atoms with Crippen LogP contribution in [0.25, 0.3) is 21.7 Å². The van der Waals surface area contributed by atoms with Gasteiger partial charge in [-0.15, -0.1) is 0 Å². The van der Waals surface area contributed by atoms with Gasteiger partial charge in [0.05, 0.1) is 10.6 Å². The van der Waals surface area contributed by atoms with E-state index in [1.165, 1.54) is 24.3 Å². The minimum Gasteiger partial charge on any atom is -0.451 e. The Hall–Kier alpha value is -3.81. The maximum absolute atomic E-state index is 12.8. The standard InChI is InChI=1S/C26H19ClN2O4S/c1-16-22(27)7-4-8-23(16)29-34(31,32)19-12-10-18(11-13-19)28-26(30)25-15-21-20-6-3-2-5-17(20)9-14-24(21)33-25/h2-15,29H,1H3,(H,28,30). The van der Waals surface area contributed by atoms with Gasteiger partial charge in [-0.1, -0.05) is 48.0 Å². The van der Waals surface area contributed by atoms with Gasteiger partial charge >= 0.3 is 0 Å². The number of anilines is 2. The number of amides is 1. The van der Waals surface area contributed by atoms with E-state index in [1.54, 1.807) is 31.2 Å². The number of rotatable bonds is 5. The fourth-order valence-electron chi connectivity index (χ4n) is 3.74. The topological polar surface area (TPSA) is 88.4 Å². The Morgan fingerprint density at radius 1 is 0.882 bits per heavy atom. The lowest BCUT2D eigenvalue weighted by Gasteiger charge is -2.12. The highest BCUT2D eigenvalue weighted by Gasteiger charge is 2.18. The van der Waals surface area contributed by atoms with Gasteiger partial charge in [-0.25, -0.2) is 8.42 Å². The molecular weight excluding hydrogens is 472 g/mol. The molecule has 0 radical (unpaired) electrons. The molecule has 4 aromatic carbocycles. The molecule has 5 rings (SSSR count). The normalized spacial score (nSPS) is 11.6. The molecule has 0 unspecified atom stereocenters. The van der Waals surface area contributed by atoms with Crippen molar-refractivity contribution in [3.05, 3.63) is 101 Å². The van der Waals surface area contributed by atoms with Crippen LogP contribution in [0.15, 0.2) is 94.2 Å². The summed E-state index contributed by atoms with van der Waals surface area (Å²) in [5.74, 6) is -0.260. The van der Waals surface area contributed by atoms with Gasteiger partial charge in [0, 0.05) is 16.1 Å². The molecule has 0 bridgehead atoms. The number of benzene rings is 4. The van der Waals surface area contributed by atoms with Crippen molar-refractivity contribution in [2.75, 3.05) is 10.0 Å². The lowest BCUT2D eigenvalue weighted by atomic mass is 10.1. The summed E-state index contributed by atoms with van der Waals surface area (Å²) in [5.41, 5.74) is 2.10. The number of hydrogen-bond acceptors (Lipinski definition) is 4. The van der Waals surface area contributed by atoms with E-state index in [9.17, 15) is 13.2 Å². The van der Waals surface area contributed by atoms with Crippen molar-refractivity contribution in [2.24, 2.45) is 0 Å². The molecule has 0 atom stereocenters. The summed E-state index contributed by atoms with van der Waals surface area (Å²) in [6.07, 6.45) is 0. The molecule has 1 amide bonds. The van der Waals surface area contributed by atoms with Crippen LogP contribution in [0.2, 0.25) is 5.02 Å². The Labute approximate surface area is 201 Å². The van der Waals surface area contributed by atoms with E-state index in [0.717, 1.165) is 16.2 Å². The van der Waals surface area contributed by atoms with Gasteiger partial charge < -0.3 is 9.73 Å². The van der Waals surface area contributed by atoms with Gasteiger partial charge in [0.15, 0.2) is 5.76 Å². The zero-order valence-electron chi connectivity index (χ0n) is 18.0. The predicted octanol–water partition coefficient (Wildman–Crippen LogP) is 6.60. The molecule has 0 aliphatic rings. The molecule has 0 aliphatic heterocycles. The van der Waals surface area contributed by atoms with Crippen LogP contribution >= 0.6 is 11.6 Å². The highest BCUT2D eigenvalue weighted by molar-refractivity contribution is 7.92. The number of sulfonamides is 1. The first-order valence-electron chi connectivity index (χ1n) is 10.4. The van der Waals surface area contributed by atoms with E-state index < -0.39 is 15.9 Å². The lowest BCUT2D eigenvalue weighted by Crippen LogP contribution is -2.14. The average molecular weight is 491 g/mol. The number of halogens is 1. The Balaban J connectivity index is 1.35.